The van der Waals surface area contributed by atoms with E-state index in [-0.39, 0.29) is 34.6 Å². The minimum absolute atomic E-state index is 0. The van der Waals surface area contributed by atoms with Gasteiger partial charge in [-0.25, -0.2) is 4.98 Å². The third-order valence-electron chi connectivity index (χ3n) is 1.74. The minimum Gasteiger partial charge on any atom is -0.542 e. The molecule has 2 rings (SSSR count). The summed E-state index contributed by atoms with van der Waals surface area (Å²) < 4.78 is 0. The molecular weight excluding hydrogens is 221 g/mol. The summed E-state index contributed by atoms with van der Waals surface area (Å²) in [6.45, 7) is 0. The number of hydrogen-bond donors (Lipinski definition) is 0. The van der Waals surface area contributed by atoms with Gasteiger partial charge in [0.2, 0.25) is 0 Å². The van der Waals surface area contributed by atoms with Crippen LogP contribution in [0.4, 0.5) is 0 Å². The van der Waals surface area contributed by atoms with Crippen molar-refractivity contribution < 1.29 is 39.5 Å². The van der Waals surface area contributed by atoms with Crippen LogP contribution >= 0.6 is 11.3 Å². The van der Waals surface area contributed by atoms with Gasteiger partial charge in [-0.05, 0) is 5.56 Å². The molecule has 0 spiro atoms. The van der Waals surface area contributed by atoms with E-state index < -0.39 is 5.97 Å². The van der Waals surface area contributed by atoms with Crippen molar-refractivity contribution in [3.63, 3.8) is 0 Å². The zero-order valence-electron chi connectivity index (χ0n) is 8.14. The van der Waals surface area contributed by atoms with Crippen LogP contribution in [0.1, 0.15) is 9.80 Å². The molecule has 0 radical (unpaired) electrons. The fourth-order valence-corrected chi connectivity index (χ4v) is 1.86. The van der Waals surface area contributed by atoms with Gasteiger partial charge in [0.1, 0.15) is 11.0 Å². The molecular formula is C10H6NNaO2S. The standard InChI is InChI=1S/C10H7NO2S.Na/c12-10(13)9-11-6-8(14-9)7-4-2-1-3-5-7;/h1-6H,(H,12,13);/q;+1/p-1. The third-order valence-corrected chi connectivity index (χ3v) is 2.77. The van der Waals surface area contributed by atoms with E-state index in [0.29, 0.717) is 0 Å². The number of carbonyl (C=O) groups excluding carboxylic acids is 1. The summed E-state index contributed by atoms with van der Waals surface area (Å²) >= 11 is 1.12. The predicted octanol–water partition coefficient (Wildman–Crippen LogP) is -1.82. The van der Waals surface area contributed by atoms with Crippen molar-refractivity contribution in [3.8, 4) is 10.4 Å². The summed E-state index contributed by atoms with van der Waals surface area (Å²) in [5.74, 6) is -1.22. The van der Waals surface area contributed by atoms with Crippen LogP contribution in [0.2, 0.25) is 0 Å². The normalized spacial score (nSPS) is 9.33. The second-order valence-corrected chi connectivity index (χ2v) is 3.71. The fourth-order valence-electron chi connectivity index (χ4n) is 1.10. The van der Waals surface area contributed by atoms with E-state index in [4.69, 9.17) is 0 Å². The maximum absolute atomic E-state index is 10.5. The zero-order chi connectivity index (χ0) is 9.97. The molecule has 70 valence electrons. The van der Waals surface area contributed by atoms with Crippen molar-refractivity contribution in [2.45, 2.75) is 0 Å². The number of nitrogens with zero attached hydrogens (tertiary/aromatic N) is 1. The molecule has 1 heterocycles. The summed E-state index contributed by atoms with van der Waals surface area (Å²) in [7, 11) is 0. The molecule has 0 saturated heterocycles. The van der Waals surface area contributed by atoms with Crippen LogP contribution in [0.5, 0.6) is 0 Å². The smallest absolute Gasteiger partial charge is 0.542 e. The first-order chi connectivity index (χ1) is 6.77. The van der Waals surface area contributed by atoms with Gasteiger partial charge in [0.15, 0.2) is 0 Å². The molecule has 0 unspecified atom stereocenters. The van der Waals surface area contributed by atoms with E-state index in [9.17, 15) is 9.90 Å². The molecule has 1 aromatic heterocycles. The maximum Gasteiger partial charge on any atom is 1.00 e. The first-order valence-corrected chi connectivity index (χ1v) is 4.81. The van der Waals surface area contributed by atoms with Crippen molar-refractivity contribution in [1.82, 2.24) is 4.98 Å². The Morgan fingerprint density at radius 1 is 1.27 bits per heavy atom. The van der Waals surface area contributed by atoms with Crippen LogP contribution in [0.3, 0.4) is 0 Å². The number of carboxylic acid groups (broad SMARTS) is 1. The zero-order valence-corrected chi connectivity index (χ0v) is 11.0. The molecule has 3 nitrogen and oxygen atoms in total. The third kappa shape index (κ3) is 2.89. The van der Waals surface area contributed by atoms with Crippen LogP contribution in [0.25, 0.3) is 10.4 Å². The molecule has 1 aromatic carbocycles. The molecule has 0 aliphatic carbocycles. The van der Waals surface area contributed by atoms with Crippen LogP contribution in [0.15, 0.2) is 36.5 Å². The number of rotatable bonds is 2. The van der Waals surface area contributed by atoms with E-state index in [2.05, 4.69) is 4.98 Å². The second kappa shape index (κ2) is 5.42. The number of thiazole rings is 1. The molecule has 15 heavy (non-hydrogen) atoms. The van der Waals surface area contributed by atoms with Crippen molar-refractivity contribution in [2.75, 3.05) is 0 Å². The van der Waals surface area contributed by atoms with Gasteiger partial charge in [-0.1, -0.05) is 30.3 Å². The summed E-state index contributed by atoms with van der Waals surface area (Å²) in [6.07, 6.45) is 1.55. The van der Waals surface area contributed by atoms with E-state index in [0.717, 1.165) is 21.8 Å². The summed E-state index contributed by atoms with van der Waals surface area (Å²) in [6, 6.07) is 9.52. The van der Waals surface area contributed by atoms with Crippen molar-refractivity contribution in [3.05, 3.63) is 41.5 Å². The van der Waals surface area contributed by atoms with E-state index in [1.54, 1.807) is 6.20 Å². The molecule has 0 N–H and O–H groups in total. The molecule has 0 aliphatic rings. The number of aromatic nitrogens is 1. The first kappa shape index (κ1) is 12.4. The Kier molecular flexibility index (Phi) is 4.47. The molecule has 0 fully saturated rings. The molecule has 2 aromatic rings. The van der Waals surface area contributed by atoms with Gasteiger partial charge in [-0.2, -0.15) is 0 Å². The van der Waals surface area contributed by atoms with Gasteiger partial charge >= 0.3 is 29.6 Å². The monoisotopic (exact) mass is 227 g/mol. The number of benzene rings is 1. The van der Waals surface area contributed by atoms with Crippen LogP contribution in [-0.4, -0.2) is 11.0 Å². The first-order valence-electron chi connectivity index (χ1n) is 4.00. The minimum atomic E-state index is -1.22. The quantitative estimate of drug-likeness (QED) is 0.567. The van der Waals surface area contributed by atoms with Crippen LogP contribution in [0, 0.1) is 0 Å². The summed E-state index contributed by atoms with van der Waals surface area (Å²) in [5.41, 5.74) is 0.970. The average molecular weight is 227 g/mol. The van der Waals surface area contributed by atoms with Gasteiger partial charge in [0.05, 0.1) is 4.88 Å². The Morgan fingerprint density at radius 3 is 2.47 bits per heavy atom. The largest absolute Gasteiger partial charge is 1.00 e. The number of hydrogen-bond acceptors (Lipinski definition) is 4. The molecule has 0 atom stereocenters. The topological polar surface area (TPSA) is 53.0 Å². The van der Waals surface area contributed by atoms with E-state index in [1.165, 1.54) is 0 Å². The molecule has 5 heteroatoms. The number of carbonyl (C=O) groups is 1. The SMILES string of the molecule is O=C([O-])c1ncc(-c2ccccc2)s1.[Na+]. The van der Waals surface area contributed by atoms with E-state index in [1.807, 2.05) is 30.3 Å². The Labute approximate surface area is 113 Å². The molecule has 0 aliphatic heterocycles. The Bertz CT molecular complexity index is 455. The summed E-state index contributed by atoms with van der Waals surface area (Å²) in [5, 5.41) is 10.5. The van der Waals surface area contributed by atoms with E-state index >= 15 is 0 Å². The second-order valence-electron chi connectivity index (χ2n) is 2.68. The Morgan fingerprint density at radius 2 is 1.93 bits per heavy atom. The van der Waals surface area contributed by atoms with Crippen LogP contribution in [-0.2, 0) is 0 Å². The number of carboxylic acids is 1. The van der Waals surface area contributed by atoms with Gasteiger partial charge in [-0.15, -0.1) is 11.3 Å². The van der Waals surface area contributed by atoms with Gasteiger partial charge < -0.3 is 9.90 Å². The van der Waals surface area contributed by atoms with Gasteiger partial charge in [0, 0.05) is 6.20 Å². The fraction of sp³-hybridized carbons (Fsp3) is 0. The maximum atomic E-state index is 10.5. The van der Waals surface area contributed by atoms with Crippen molar-refractivity contribution >= 4 is 17.3 Å². The van der Waals surface area contributed by atoms with Gasteiger partial charge in [-0.3, -0.25) is 0 Å². The Hall–Kier alpha value is -0.680. The molecule has 0 amide bonds. The van der Waals surface area contributed by atoms with Gasteiger partial charge in [0.25, 0.3) is 0 Å². The number of aromatic carboxylic acids is 1. The average Bonchev–Trinajstić information content (AvgIpc) is 2.68. The Balaban J connectivity index is 0.00000112. The van der Waals surface area contributed by atoms with Crippen molar-refractivity contribution in [2.24, 2.45) is 0 Å². The molecule has 0 bridgehead atoms. The predicted molar refractivity (Wildman–Crippen MR) is 51.9 cm³/mol. The van der Waals surface area contributed by atoms with Crippen molar-refractivity contribution in [1.29, 1.82) is 0 Å². The van der Waals surface area contributed by atoms with Crippen LogP contribution < -0.4 is 34.7 Å². The molecule has 0 saturated carbocycles. The summed E-state index contributed by atoms with van der Waals surface area (Å²) in [4.78, 5) is 15.1.